The number of aromatic carboxylic acids is 1. The van der Waals surface area contributed by atoms with Crippen molar-refractivity contribution in [3.63, 3.8) is 0 Å². The Kier molecular flexibility index (Phi) is 3.86. The van der Waals surface area contributed by atoms with Crippen LogP contribution in [0.15, 0.2) is 42.5 Å². The summed E-state index contributed by atoms with van der Waals surface area (Å²) in [5.74, 6) is -1.08. The monoisotopic (exact) mass is 293 g/mol. The number of non-ortho nitro benzene ring substituents is 1. The van der Waals surface area contributed by atoms with Crippen molar-refractivity contribution >= 4 is 23.3 Å². The van der Waals surface area contributed by atoms with Gasteiger partial charge in [0.25, 0.3) is 5.69 Å². The molecular weight excluding hydrogens is 286 g/mol. The lowest BCUT2D eigenvalue weighted by molar-refractivity contribution is -0.384. The average Bonchev–Trinajstić information content (AvgIpc) is 2.41. The molecule has 102 valence electrons. The normalized spacial score (nSPS) is 10.1. The van der Waals surface area contributed by atoms with Crippen LogP contribution >= 0.6 is 11.6 Å². The molecule has 0 atom stereocenters. The Hall–Kier alpha value is -2.60. The second-order valence-corrected chi connectivity index (χ2v) is 4.18. The van der Waals surface area contributed by atoms with E-state index in [9.17, 15) is 14.9 Å². The van der Waals surface area contributed by atoms with Crippen molar-refractivity contribution in [3.05, 3.63) is 63.2 Å². The molecular formula is C13H8ClNO5. The van der Waals surface area contributed by atoms with Gasteiger partial charge in [-0.3, -0.25) is 10.1 Å². The number of nitro groups is 1. The van der Waals surface area contributed by atoms with Crippen molar-refractivity contribution in [1.29, 1.82) is 0 Å². The summed E-state index contributed by atoms with van der Waals surface area (Å²) in [6.45, 7) is 0. The lowest BCUT2D eigenvalue weighted by atomic mass is 10.2. The highest BCUT2D eigenvalue weighted by Crippen LogP contribution is 2.34. The number of carboxylic acids is 1. The van der Waals surface area contributed by atoms with E-state index >= 15 is 0 Å². The number of nitrogens with zero attached hydrogens (tertiary/aromatic N) is 1. The zero-order valence-corrected chi connectivity index (χ0v) is 10.7. The minimum Gasteiger partial charge on any atom is -0.478 e. The van der Waals surface area contributed by atoms with Gasteiger partial charge in [-0.25, -0.2) is 4.79 Å². The molecule has 20 heavy (non-hydrogen) atoms. The van der Waals surface area contributed by atoms with Gasteiger partial charge in [0.15, 0.2) is 5.75 Å². The summed E-state index contributed by atoms with van der Waals surface area (Å²) >= 11 is 5.89. The minimum atomic E-state index is -1.16. The molecule has 0 aliphatic heterocycles. The van der Waals surface area contributed by atoms with Crippen LogP contribution in [0.4, 0.5) is 5.69 Å². The molecule has 0 heterocycles. The first-order valence-corrected chi connectivity index (χ1v) is 5.81. The van der Waals surface area contributed by atoms with Gasteiger partial charge in [0.2, 0.25) is 0 Å². The summed E-state index contributed by atoms with van der Waals surface area (Å²) in [6.07, 6.45) is 0. The lowest BCUT2D eigenvalue weighted by Crippen LogP contribution is -2.00. The molecule has 2 rings (SSSR count). The molecule has 0 aliphatic rings. The van der Waals surface area contributed by atoms with E-state index in [-0.39, 0.29) is 27.8 Å². The summed E-state index contributed by atoms with van der Waals surface area (Å²) in [7, 11) is 0. The number of hydrogen-bond donors (Lipinski definition) is 1. The van der Waals surface area contributed by atoms with Crippen molar-refractivity contribution in [3.8, 4) is 11.5 Å². The Morgan fingerprint density at radius 3 is 2.55 bits per heavy atom. The van der Waals surface area contributed by atoms with Crippen molar-refractivity contribution in [2.24, 2.45) is 0 Å². The molecule has 0 spiro atoms. The second kappa shape index (κ2) is 5.58. The fourth-order valence-corrected chi connectivity index (χ4v) is 1.69. The zero-order valence-electron chi connectivity index (χ0n) is 9.95. The van der Waals surface area contributed by atoms with E-state index in [0.717, 1.165) is 6.07 Å². The Morgan fingerprint density at radius 1 is 1.20 bits per heavy atom. The molecule has 7 heteroatoms. The number of nitro benzene ring substituents is 1. The van der Waals surface area contributed by atoms with Crippen LogP contribution in [0.5, 0.6) is 11.5 Å². The number of ether oxygens (including phenoxy) is 1. The largest absolute Gasteiger partial charge is 0.478 e. The van der Waals surface area contributed by atoms with Crippen molar-refractivity contribution in [1.82, 2.24) is 0 Å². The van der Waals surface area contributed by atoms with E-state index in [2.05, 4.69) is 0 Å². The van der Waals surface area contributed by atoms with Gasteiger partial charge in [0.05, 0.1) is 16.0 Å². The number of benzene rings is 2. The van der Waals surface area contributed by atoms with Crippen LogP contribution in [0.25, 0.3) is 0 Å². The van der Waals surface area contributed by atoms with Crippen LogP contribution in [0.2, 0.25) is 5.02 Å². The molecule has 0 bridgehead atoms. The van der Waals surface area contributed by atoms with E-state index in [1.54, 1.807) is 12.1 Å². The van der Waals surface area contributed by atoms with Gasteiger partial charge < -0.3 is 9.84 Å². The van der Waals surface area contributed by atoms with Gasteiger partial charge in [-0.05, 0) is 18.2 Å². The zero-order chi connectivity index (χ0) is 14.7. The number of rotatable bonds is 4. The molecule has 0 unspecified atom stereocenters. The van der Waals surface area contributed by atoms with Gasteiger partial charge >= 0.3 is 5.97 Å². The van der Waals surface area contributed by atoms with Crippen LogP contribution in [0.1, 0.15) is 10.4 Å². The van der Waals surface area contributed by atoms with Gasteiger partial charge in [-0.15, -0.1) is 0 Å². The van der Waals surface area contributed by atoms with Gasteiger partial charge in [0, 0.05) is 6.07 Å². The molecule has 0 radical (unpaired) electrons. The first-order chi connectivity index (χ1) is 9.49. The Morgan fingerprint density at radius 2 is 1.90 bits per heavy atom. The van der Waals surface area contributed by atoms with Gasteiger partial charge in [0.1, 0.15) is 11.3 Å². The highest BCUT2D eigenvalue weighted by atomic mass is 35.5. The highest BCUT2D eigenvalue weighted by molar-refractivity contribution is 6.32. The van der Waals surface area contributed by atoms with Crippen LogP contribution in [-0.4, -0.2) is 16.0 Å². The summed E-state index contributed by atoms with van der Waals surface area (Å²) < 4.78 is 5.38. The first-order valence-electron chi connectivity index (χ1n) is 5.43. The minimum absolute atomic E-state index is 0.0227. The fraction of sp³-hybridized carbons (Fsp3) is 0. The van der Waals surface area contributed by atoms with E-state index in [1.165, 1.54) is 24.3 Å². The quantitative estimate of drug-likeness (QED) is 0.685. The van der Waals surface area contributed by atoms with Crippen LogP contribution in [0.3, 0.4) is 0 Å². The lowest BCUT2D eigenvalue weighted by Gasteiger charge is -2.09. The smallest absolute Gasteiger partial charge is 0.339 e. The predicted molar refractivity (Wildman–Crippen MR) is 71.6 cm³/mol. The Bertz CT molecular complexity index is 686. The third-order valence-electron chi connectivity index (χ3n) is 2.46. The summed E-state index contributed by atoms with van der Waals surface area (Å²) in [4.78, 5) is 21.2. The third-order valence-corrected chi connectivity index (χ3v) is 2.78. The molecule has 2 aromatic rings. The highest BCUT2D eigenvalue weighted by Gasteiger charge is 2.15. The fourth-order valence-electron chi connectivity index (χ4n) is 1.53. The van der Waals surface area contributed by atoms with Crippen LogP contribution < -0.4 is 4.74 Å². The second-order valence-electron chi connectivity index (χ2n) is 3.78. The molecule has 0 fully saturated rings. The SMILES string of the molecule is O=C(O)c1ccccc1Oc1cc([N+](=O)[O-])ccc1Cl. The maximum absolute atomic E-state index is 11.1. The maximum atomic E-state index is 11.1. The van der Waals surface area contributed by atoms with Crippen molar-refractivity contribution in [2.45, 2.75) is 0 Å². The molecule has 0 amide bonds. The molecule has 0 aromatic heterocycles. The maximum Gasteiger partial charge on any atom is 0.339 e. The molecule has 0 saturated carbocycles. The average molecular weight is 294 g/mol. The number of halogens is 1. The van der Waals surface area contributed by atoms with Crippen molar-refractivity contribution < 1.29 is 19.6 Å². The summed E-state index contributed by atoms with van der Waals surface area (Å²) in [6, 6.07) is 9.64. The molecule has 6 nitrogen and oxygen atoms in total. The molecule has 2 aromatic carbocycles. The molecule has 0 aliphatic carbocycles. The number of hydrogen-bond acceptors (Lipinski definition) is 4. The standard InChI is InChI=1S/C13H8ClNO5/c14-10-6-5-8(15(18)19)7-12(10)20-11-4-2-1-3-9(11)13(16)17/h1-7H,(H,16,17). The molecule has 1 N–H and O–H groups in total. The topological polar surface area (TPSA) is 89.7 Å². The van der Waals surface area contributed by atoms with Gasteiger partial charge in [-0.2, -0.15) is 0 Å². The predicted octanol–water partition coefficient (Wildman–Crippen LogP) is 3.74. The Balaban J connectivity index is 2.42. The van der Waals surface area contributed by atoms with E-state index < -0.39 is 10.9 Å². The van der Waals surface area contributed by atoms with Crippen molar-refractivity contribution in [2.75, 3.05) is 0 Å². The third kappa shape index (κ3) is 2.86. The van der Waals surface area contributed by atoms with E-state index in [0.29, 0.717) is 0 Å². The first kappa shape index (κ1) is 13.8. The number of carbonyl (C=O) groups is 1. The van der Waals surface area contributed by atoms with Gasteiger partial charge in [-0.1, -0.05) is 23.7 Å². The van der Waals surface area contributed by atoms with E-state index in [4.69, 9.17) is 21.4 Å². The van der Waals surface area contributed by atoms with E-state index in [1.807, 2.05) is 0 Å². The number of carboxylic acid groups (broad SMARTS) is 1. The summed E-state index contributed by atoms with van der Waals surface area (Å²) in [5, 5.41) is 19.9. The number of para-hydroxylation sites is 1. The molecule has 0 saturated heterocycles. The van der Waals surface area contributed by atoms with Crippen LogP contribution in [0, 0.1) is 10.1 Å². The van der Waals surface area contributed by atoms with Crippen LogP contribution in [-0.2, 0) is 0 Å². The Labute approximate surface area is 118 Å². The summed E-state index contributed by atoms with van der Waals surface area (Å²) in [5.41, 5.74) is -0.257.